The monoisotopic (exact) mass is 449 g/mol. The molecule has 7 heteroatoms. The lowest BCUT2D eigenvalue weighted by Gasteiger charge is -2.39. The molecule has 160 valence electrons. The molecule has 2 aliphatic heterocycles. The van der Waals surface area contributed by atoms with Gasteiger partial charge in [0.2, 0.25) is 5.91 Å². The van der Waals surface area contributed by atoms with E-state index < -0.39 is 0 Å². The molecule has 0 radical (unpaired) electrons. The Kier molecular flexibility index (Phi) is 11.2. The van der Waals surface area contributed by atoms with Crippen LogP contribution in [0.5, 0.6) is 0 Å². The number of rotatable bonds is 5. The van der Waals surface area contributed by atoms with Gasteiger partial charge in [0.05, 0.1) is 0 Å². The minimum Gasteiger partial charge on any atom is -0.340 e. The highest BCUT2D eigenvalue weighted by Crippen LogP contribution is 2.25. The van der Waals surface area contributed by atoms with Crippen LogP contribution in [0.15, 0.2) is 24.3 Å². The SMILES string of the molecule is CC(CC(=O)N1CCN(C(C)c2ccc(Cl)cc2)CC1)C1CCCNC1.Cl.Cl. The second-order valence-electron chi connectivity index (χ2n) is 7.93. The molecule has 0 saturated carbocycles. The average molecular weight is 451 g/mol. The van der Waals surface area contributed by atoms with Gasteiger partial charge in [-0.2, -0.15) is 0 Å². The number of piperidine rings is 1. The van der Waals surface area contributed by atoms with Gasteiger partial charge in [-0.25, -0.2) is 0 Å². The number of amides is 1. The van der Waals surface area contributed by atoms with E-state index in [4.69, 9.17) is 11.6 Å². The van der Waals surface area contributed by atoms with Crippen LogP contribution in [0.3, 0.4) is 0 Å². The largest absolute Gasteiger partial charge is 0.340 e. The molecule has 3 rings (SSSR count). The molecule has 0 bridgehead atoms. The zero-order valence-corrected chi connectivity index (χ0v) is 19.3. The van der Waals surface area contributed by atoms with Crippen LogP contribution in [0.25, 0.3) is 0 Å². The van der Waals surface area contributed by atoms with Gasteiger partial charge in [0, 0.05) is 43.7 Å². The van der Waals surface area contributed by atoms with Gasteiger partial charge in [-0.1, -0.05) is 30.7 Å². The van der Waals surface area contributed by atoms with E-state index in [0.29, 0.717) is 30.2 Å². The van der Waals surface area contributed by atoms with Crippen molar-refractivity contribution < 1.29 is 4.79 Å². The van der Waals surface area contributed by atoms with Crippen molar-refractivity contribution in [2.45, 2.75) is 39.2 Å². The fraction of sp³-hybridized carbons (Fsp3) is 0.667. The van der Waals surface area contributed by atoms with E-state index in [1.165, 1.54) is 18.4 Å². The van der Waals surface area contributed by atoms with Crippen molar-refractivity contribution in [3.05, 3.63) is 34.9 Å². The Bertz CT molecular complexity index is 585. The Morgan fingerprint density at radius 2 is 1.79 bits per heavy atom. The summed E-state index contributed by atoms with van der Waals surface area (Å²) in [4.78, 5) is 17.2. The number of nitrogens with zero attached hydrogens (tertiary/aromatic N) is 2. The van der Waals surface area contributed by atoms with Gasteiger partial charge in [-0.3, -0.25) is 9.69 Å². The fourth-order valence-electron chi connectivity index (χ4n) is 4.25. The van der Waals surface area contributed by atoms with Crippen molar-refractivity contribution in [1.82, 2.24) is 15.1 Å². The normalized spacial score (nSPS) is 22.5. The summed E-state index contributed by atoms with van der Waals surface area (Å²) >= 11 is 5.99. The summed E-state index contributed by atoms with van der Waals surface area (Å²) in [5.41, 5.74) is 1.28. The van der Waals surface area contributed by atoms with Gasteiger partial charge in [-0.05, 0) is 62.4 Å². The standard InChI is InChI=1S/C21H32ClN3O.2ClH/c1-16(19-4-3-9-23-15-19)14-21(26)25-12-10-24(11-13-25)17(2)18-5-7-20(22)8-6-18;;/h5-8,16-17,19,23H,3-4,9-15H2,1-2H3;2*1H. The molecule has 1 amide bonds. The number of halogens is 3. The lowest BCUT2D eigenvalue weighted by atomic mass is 9.85. The second-order valence-corrected chi connectivity index (χ2v) is 8.37. The van der Waals surface area contributed by atoms with Gasteiger partial charge in [0.1, 0.15) is 0 Å². The van der Waals surface area contributed by atoms with Crippen LogP contribution in [-0.4, -0.2) is 55.0 Å². The summed E-state index contributed by atoms with van der Waals surface area (Å²) in [6, 6.07) is 8.47. The maximum atomic E-state index is 12.7. The molecule has 1 aromatic carbocycles. The third-order valence-electron chi connectivity index (χ3n) is 6.20. The van der Waals surface area contributed by atoms with Crippen molar-refractivity contribution in [1.29, 1.82) is 0 Å². The van der Waals surface area contributed by atoms with Crippen molar-refractivity contribution in [3.8, 4) is 0 Å². The maximum Gasteiger partial charge on any atom is 0.222 e. The predicted molar refractivity (Wildman–Crippen MR) is 122 cm³/mol. The van der Waals surface area contributed by atoms with Crippen LogP contribution in [0.4, 0.5) is 0 Å². The quantitative estimate of drug-likeness (QED) is 0.721. The topological polar surface area (TPSA) is 35.6 Å². The third-order valence-corrected chi connectivity index (χ3v) is 6.46. The first-order chi connectivity index (χ1) is 12.5. The smallest absolute Gasteiger partial charge is 0.222 e. The molecule has 0 spiro atoms. The van der Waals surface area contributed by atoms with E-state index in [2.05, 4.69) is 41.1 Å². The molecule has 3 atom stereocenters. The highest BCUT2D eigenvalue weighted by molar-refractivity contribution is 6.30. The number of nitrogens with one attached hydrogen (secondary N) is 1. The lowest BCUT2D eigenvalue weighted by Crippen LogP contribution is -2.49. The van der Waals surface area contributed by atoms with Gasteiger partial charge in [0.15, 0.2) is 0 Å². The van der Waals surface area contributed by atoms with Crippen molar-refractivity contribution in [2.75, 3.05) is 39.3 Å². The minimum absolute atomic E-state index is 0. The summed E-state index contributed by atoms with van der Waals surface area (Å²) in [6.45, 7) is 10.2. The number of carbonyl (C=O) groups excluding carboxylic acids is 1. The Balaban J connectivity index is 0.00000196. The molecular weight excluding hydrogens is 417 g/mol. The Hall–Kier alpha value is -0.520. The molecule has 2 fully saturated rings. The minimum atomic E-state index is 0. The van der Waals surface area contributed by atoms with Crippen LogP contribution in [0.1, 0.15) is 44.7 Å². The molecule has 2 saturated heterocycles. The fourth-order valence-corrected chi connectivity index (χ4v) is 4.37. The maximum absolute atomic E-state index is 12.7. The predicted octanol–water partition coefficient (Wildman–Crippen LogP) is 4.41. The van der Waals surface area contributed by atoms with E-state index in [1.54, 1.807) is 0 Å². The molecule has 28 heavy (non-hydrogen) atoms. The molecule has 3 unspecified atom stereocenters. The molecule has 1 N–H and O–H groups in total. The summed E-state index contributed by atoms with van der Waals surface area (Å²) in [7, 11) is 0. The van der Waals surface area contributed by atoms with Crippen molar-refractivity contribution in [3.63, 3.8) is 0 Å². The van der Waals surface area contributed by atoms with Crippen LogP contribution in [0, 0.1) is 11.8 Å². The number of carbonyl (C=O) groups is 1. The number of hydrogen-bond donors (Lipinski definition) is 1. The lowest BCUT2D eigenvalue weighted by molar-refractivity contribution is -0.134. The highest BCUT2D eigenvalue weighted by atomic mass is 35.5. The summed E-state index contributed by atoms with van der Waals surface area (Å²) < 4.78 is 0. The zero-order chi connectivity index (χ0) is 18.5. The van der Waals surface area contributed by atoms with Gasteiger partial charge in [-0.15, -0.1) is 24.8 Å². The Morgan fingerprint density at radius 1 is 1.14 bits per heavy atom. The van der Waals surface area contributed by atoms with E-state index >= 15 is 0 Å². The third kappa shape index (κ3) is 6.77. The van der Waals surface area contributed by atoms with Crippen LogP contribution < -0.4 is 5.32 Å². The van der Waals surface area contributed by atoms with E-state index in [9.17, 15) is 4.79 Å². The van der Waals surface area contributed by atoms with Gasteiger partial charge < -0.3 is 10.2 Å². The van der Waals surface area contributed by atoms with Crippen LogP contribution in [-0.2, 0) is 4.79 Å². The van der Waals surface area contributed by atoms with Crippen molar-refractivity contribution in [2.24, 2.45) is 11.8 Å². The molecule has 2 heterocycles. The van der Waals surface area contributed by atoms with E-state index in [0.717, 1.165) is 44.3 Å². The molecule has 0 aliphatic carbocycles. The van der Waals surface area contributed by atoms with Gasteiger partial charge in [0.25, 0.3) is 0 Å². The zero-order valence-electron chi connectivity index (χ0n) is 16.9. The molecule has 0 aromatic heterocycles. The van der Waals surface area contributed by atoms with Crippen molar-refractivity contribution >= 4 is 42.3 Å². The molecule has 2 aliphatic rings. The van der Waals surface area contributed by atoms with Gasteiger partial charge >= 0.3 is 0 Å². The van der Waals surface area contributed by atoms with E-state index in [-0.39, 0.29) is 24.8 Å². The number of piperazine rings is 1. The van der Waals surface area contributed by atoms with E-state index in [1.807, 2.05) is 12.1 Å². The number of hydrogen-bond acceptors (Lipinski definition) is 3. The molecule has 1 aromatic rings. The Morgan fingerprint density at radius 3 is 2.36 bits per heavy atom. The molecule has 4 nitrogen and oxygen atoms in total. The molecular formula is C21H34Cl3N3O. The summed E-state index contributed by atoms with van der Waals surface area (Å²) in [6.07, 6.45) is 3.19. The Labute approximate surface area is 187 Å². The first-order valence-corrected chi connectivity index (χ1v) is 10.4. The first-order valence-electron chi connectivity index (χ1n) is 10.0. The summed E-state index contributed by atoms with van der Waals surface area (Å²) in [5.74, 6) is 1.46. The summed E-state index contributed by atoms with van der Waals surface area (Å²) in [5, 5.41) is 4.24. The average Bonchev–Trinajstić information content (AvgIpc) is 2.69. The first kappa shape index (κ1) is 25.5. The number of benzene rings is 1. The van der Waals surface area contributed by atoms with Crippen LogP contribution in [0.2, 0.25) is 5.02 Å². The second kappa shape index (κ2) is 12.2. The highest BCUT2D eigenvalue weighted by Gasteiger charge is 2.28. The van der Waals surface area contributed by atoms with Crippen LogP contribution >= 0.6 is 36.4 Å².